The number of aliphatic hydroxyl groups is 1. The molecule has 1 saturated heterocycles. The molecule has 2 aromatic rings. The fourth-order valence-corrected chi connectivity index (χ4v) is 4.80. The van der Waals surface area contributed by atoms with Crippen molar-refractivity contribution in [2.75, 3.05) is 13.1 Å². The van der Waals surface area contributed by atoms with Gasteiger partial charge in [-0.15, -0.1) is 0 Å². The Labute approximate surface area is 222 Å². The van der Waals surface area contributed by atoms with Crippen LogP contribution in [0, 0.1) is 0 Å². The molecule has 2 aromatic carbocycles. The number of amides is 2. The van der Waals surface area contributed by atoms with E-state index in [-0.39, 0.29) is 42.5 Å². The summed E-state index contributed by atoms with van der Waals surface area (Å²) in [5.74, 6) is 0. The summed E-state index contributed by atoms with van der Waals surface area (Å²) >= 11 is 11.4. The van der Waals surface area contributed by atoms with Crippen LogP contribution in [0.5, 0.6) is 0 Å². The number of benzene rings is 2. The van der Waals surface area contributed by atoms with Crippen LogP contribution in [-0.2, 0) is 22.2 Å². The van der Waals surface area contributed by atoms with E-state index in [2.05, 4.69) is 10.8 Å². The third-order valence-corrected chi connectivity index (χ3v) is 7.49. The molecule has 3 N–H and O–H groups in total. The van der Waals surface area contributed by atoms with Crippen molar-refractivity contribution >= 4 is 34.9 Å². The Morgan fingerprint density at radius 2 is 1.68 bits per heavy atom. The van der Waals surface area contributed by atoms with Crippen molar-refractivity contribution in [2.45, 2.75) is 42.4 Å². The molecule has 1 aliphatic carbocycles. The van der Waals surface area contributed by atoms with Crippen molar-refractivity contribution in [2.24, 2.45) is 0 Å². The number of urea groups is 1. The van der Waals surface area contributed by atoms with E-state index >= 15 is 0 Å². The number of hydrogen-bond donors (Lipinski definition) is 3. The molecule has 204 valence electrons. The lowest BCUT2D eigenvalue weighted by Crippen LogP contribution is -2.63. The number of nitrogens with zero attached hydrogens (tertiary/aromatic N) is 1. The van der Waals surface area contributed by atoms with Gasteiger partial charge in [0.1, 0.15) is 5.60 Å². The predicted octanol–water partition coefficient (Wildman–Crippen LogP) is 5.72. The fraction of sp³-hybridized carbons (Fsp3) is 0.375. The average molecular weight is 582 g/mol. The van der Waals surface area contributed by atoms with Gasteiger partial charge in [-0.05, 0) is 42.2 Å². The molecule has 1 unspecified atom stereocenters. The zero-order chi connectivity index (χ0) is 27.7. The van der Waals surface area contributed by atoms with Crippen molar-refractivity contribution < 1.29 is 41.1 Å². The number of alkyl halides is 6. The monoisotopic (exact) mass is 581 g/mol. The second kappa shape index (κ2) is 8.94. The van der Waals surface area contributed by atoms with E-state index in [4.69, 9.17) is 28.0 Å². The zero-order valence-corrected chi connectivity index (χ0v) is 20.7. The Kier molecular flexibility index (Phi) is 6.33. The average Bonchev–Trinajstić information content (AvgIpc) is 3.50. The zero-order valence-electron chi connectivity index (χ0n) is 19.2. The van der Waals surface area contributed by atoms with Gasteiger partial charge in [0, 0.05) is 11.6 Å². The molecule has 1 saturated carbocycles. The van der Waals surface area contributed by atoms with Crippen molar-refractivity contribution in [1.29, 1.82) is 0 Å². The Balaban J connectivity index is 1.41. The molecule has 0 aromatic heterocycles. The highest BCUT2D eigenvalue weighted by molar-refractivity contribution is 6.42. The van der Waals surface area contributed by atoms with Crippen LogP contribution in [0.4, 0.5) is 31.1 Å². The number of β-amino-alcohol motifs (C(OH)–C–C–N with tert-alkyl or cyclic N) is 1. The summed E-state index contributed by atoms with van der Waals surface area (Å²) in [6.45, 7) is 0.0933. The summed E-state index contributed by atoms with van der Waals surface area (Å²) in [4.78, 5) is 18.4. The van der Waals surface area contributed by atoms with E-state index in [0.717, 1.165) is 12.8 Å². The van der Waals surface area contributed by atoms with Gasteiger partial charge < -0.3 is 15.3 Å². The van der Waals surface area contributed by atoms with Crippen molar-refractivity contribution in [1.82, 2.24) is 15.7 Å². The highest BCUT2D eigenvalue weighted by Crippen LogP contribution is 2.50. The van der Waals surface area contributed by atoms with Gasteiger partial charge in [-0.3, -0.25) is 10.3 Å². The van der Waals surface area contributed by atoms with Crippen LogP contribution in [-0.4, -0.2) is 41.3 Å². The largest absolute Gasteiger partial charge is 0.428 e. The molecule has 3 aliphatic rings. The highest BCUT2D eigenvalue weighted by Gasteiger charge is 2.60. The normalized spacial score (nSPS) is 23.0. The maximum absolute atomic E-state index is 14.3. The molecule has 2 heterocycles. The molecule has 2 fully saturated rings. The Morgan fingerprint density at radius 3 is 2.24 bits per heavy atom. The number of hydrogen-bond acceptors (Lipinski definition) is 4. The number of halogens is 8. The summed E-state index contributed by atoms with van der Waals surface area (Å²) in [6.07, 6.45) is -7.79. The van der Waals surface area contributed by atoms with Crippen LogP contribution < -0.4 is 10.8 Å². The van der Waals surface area contributed by atoms with E-state index in [1.807, 2.05) is 0 Å². The van der Waals surface area contributed by atoms with Gasteiger partial charge in [-0.25, -0.2) is 4.79 Å². The number of hydroxylamine groups is 1. The minimum Gasteiger partial charge on any atom is -0.381 e. The molecule has 2 aliphatic heterocycles. The van der Waals surface area contributed by atoms with Crippen LogP contribution in [0.25, 0.3) is 5.70 Å². The maximum atomic E-state index is 14.3. The van der Waals surface area contributed by atoms with Gasteiger partial charge in [0.2, 0.25) is 5.60 Å². The van der Waals surface area contributed by atoms with Crippen LogP contribution >= 0.6 is 23.2 Å². The predicted molar refractivity (Wildman–Crippen MR) is 125 cm³/mol. The molecule has 5 rings (SSSR count). The standard InChI is InChI=1S/C24H19Cl2F6N3O3/c25-17-8-14(7-16(19(17)26)23(27,28)29)22(24(30,31)32)9-18(34-38-22)12-1-3-13(4-2-12)21(37)10-35(11-21)20(36)33-15-5-6-15/h1-4,7-9,15,34,37H,5-6,10-11H2,(H,33,36). The van der Waals surface area contributed by atoms with Gasteiger partial charge in [0.15, 0.2) is 0 Å². The van der Waals surface area contributed by atoms with Gasteiger partial charge in [-0.1, -0.05) is 47.5 Å². The quantitative estimate of drug-likeness (QED) is 0.404. The molecule has 6 nitrogen and oxygen atoms in total. The Morgan fingerprint density at radius 1 is 1.05 bits per heavy atom. The van der Waals surface area contributed by atoms with E-state index < -0.39 is 44.7 Å². The first kappa shape index (κ1) is 26.9. The molecule has 38 heavy (non-hydrogen) atoms. The molecule has 14 heteroatoms. The Hall–Kier alpha value is -2.67. The summed E-state index contributed by atoms with van der Waals surface area (Å²) in [5.41, 5.74) is -4.43. The van der Waals surface area contributed by atoms with E-state index in [1.165, 1.54) is 29.2 Å². The summed E-state index contributed by atoms with van der Waals surface area (Å²) in [5, 5.41) is 12.0. The summed E-state index contributed by atoms with van der Waals surface area (Å²) < 4.78 is 83.1. The first-order valence-electron chi connectivity index (χ1n) is 11.3. The third-order valence-electron chi connectivity index (χ3n) is 6.68. The lowest BCUT2D eigenvalue weighted by Gasteiger charge is -2.46. The topological polar surface area (TPSA) is 73.8 Å². The van der Waals surface area contributed by atoms with Gasteiger partial charge in [0.25, 0.3) is 0 Å². The summed E-state index contributed by atoms with van der Waals surface area (Å²) in [6, 6.07) is 6.64. The molecular weight excluding hydrogens is 563 g/mol. The first-order valence-corrected chi connectivity index (χ1v) is 12.1. The van der Waals surface area contributed by atoms with E-state index in [9.17, 15) is 36.2 Å². The molecular formula is C24H19Cl2F6N3O3. The molecule has 1 atom stereocenters. The lowest BCUT2D eigenvalue weighted by molar-refractivity contribution is -0.269. The summed E-state index contributed by atoms with van der Waals surface area (Å²) in [7, 11) is 0. The van der Waals surface area contributed by atoms with E-state index in [1.54, 1.807) is 0 Å². The molecule has 0 spiro atoms. The SMILES string of the molecule is O=C(NC1CC1)N1CC(O)(c2ccc(C3=CC(c4cc(Cl)c(Cl)c(C(F)(F)F)c4)(C(F)(F)F)ON3)cc2)C1. The van der Waals surface area contributed by atoms with Crippen LogP contribution in [0.2, 0.25) is 10.0 Å². The maximum Gasteiger partial charge on any atom is 0.428 e. The van der Waals surface area contributed by atoms with Gasteiger partial charge in [-0.2, -0.15) is 26.3 Å². The van der Waals surface area contributed by atoms with Crippen LogP contribution in [0.3, 0.4) is 0 Å². The smallest absolute Gasteiger partial charge is 0.381 e. The van der Waals surface area contributed by atoms with Crippen LogP contribution in [0.15, 0.2) is 42.5 Å². The minimum atomic E-state index is -5.19. The molecule has 2 amide bonds. The van der Waals surface area contributed by atoms with Gasteiger partial charge in [0.05, 0.1) is 34.4 Å². The number of carbonyl (C=O) groups is 1. The second-order valence-corrected chi connectivity index (χ2v) is 10.3. The second-order valence-electron chi connectivity index (χ2n) is 9.50. The van der Waals surface area contributed by atoms with Crippen molar-refractivity contribution in [3.05, 3.63) is 74.8 Å². The van der Waals surface area contributed by atoms with Gasteiger partial charge >= 0.3 is 18.4 Å². The number of rotatable bonds is 4. The van der Waals surface area contributed by atoms with Crippen LogP contribution in [0.1, 0.15) is 35.1 Å². The molecule has 0 radical (unpaired) electrons. The third kappa shape index (κ3) is 4.67. The lowest BCUT2D eigenvalue weighted by atomic mass is 9.85. The number of likely N-dealkylation sites (tertiary alicyclic amines) is 1. The minimum absolute atomic E-state index is 0.0466. The van der Waals surface area contributed by atoms with E-state index in [0.29, 0.717) is 17.7 Å². The van der Waals surface area contributed by atoms with Crippen molar-refractivity contribution in [3.63, 3.8) is 0 Å². The fourth-order valence-electron chi connectivity index (χ4n) is 4.36. The Bertz CT molecular complexity index is 1310. The molecule has 0 bridgehead atoms. The number of carbonyl (C=O) groups excluding carboxylic acids is 1. The first-order chi connectivity index (χ1) is 17.6. The van der Waals surface area contributed by atoms with Crippen molar-refractivity contribution in [3.8, 4) is 0 Å². The highest BCUT2D eigenvalue weighted by atomic mass is 35.5. The number of nitrogens with one attached hydrogen (secondary N) is 2.